The molecule has 0 spiro atoms. The molecule has 1 aromatic carbocycles. The zero-order valence-corrected chi connectivity index (χ0v) is 10.1. The second-order valence-electron chi connectivity index (χ2n) is 4.82. The Morgan fingerprint density at radius 3 is 2.75 bits per heavy atom. The first-order valence-corrected chi connectivity index (χ1v) is 5.79. The fraction of sp³-hybridized carbons (Fsp3) is 0.538. The highest BCUT2D eigenvalue weighted by atomic mass is 19.1. The third-order valence-corrected chi connectivity index (χ3v) is 3.43. The first-order valence-electron chi connectivity index (χ1n) is 5.79. The van der Waals surface area contributed by atoms with E-state index in [1.807, 2.05) is 13.0 Å². The summed E-state index contributed by atoms with van der Waals surface area (Å²) >= 11 is 0. The van der Waals surface area contributed by atoms with Crippen molar-refractivity contribution in [2.75, 3.05) is 18.9 Å². The number of likely N-dealkylation sites (tertiary alicyclic amines) is 1. The number of nitrogens with zero attached hydrogens (tertiary/aromatic N) is 1. The van der Waals surface area contributed by atoms with Gasteiger partial charge in [-0.25, -0.2) is 4.39 Å². The number of aryl methyl sites for hydroxylation is 1. The summed E-state index contributed by atoms with van der Waals surface area (Å²) in [7, 11) is 2.14. The summed E-state index contributed by atoms with van der Waals surface area (Å²) in [5.41, 5.74) is 2.02. The fourth-order valence-electron chi connectivity index (χ4n) is 2.31. The topological polar surface area (TPSA) is 15.3 Å². The molecule has 2 nitrogen and oxygen atoms in total. The molecule has 1 aliphatic rings. The Labute approximate surface area is 96.5 Å². The average molecular weight is 222 g/mol. The molecular weight excluding hydrogens is 203 g/mol. The van der Waals surface area contributed by atoms with Crippen LogP contribution in [0.4, 0.5) is 10.1 Å². The van der Waals surface area contributed by atoms with Crippen molar-refractivity contribution >= 4 is 5.69 Å². The number of benzene rings is 1. The van der Waals surface area contributed by atoms with Gasteiger partial charge in [0.15, 0.2) is 0 Å². The minimum atomic E-state index is -0.167. The quantitative estimate of drug-likeness (QED) is 0.827. The molecule has 16 heavy (non-hydrogen) atoms. The number of hydrogen-bond donors (Lipinski definition) is 1. The second-order valence-corrected chi connectivity index (χ2v) is 4.82. The minimum absolute atomic E-state index is 0.167. The summed E-state index contributed by atoms with van der Waals surface area (Å²) in [6, 6.07) is 6.01. The maximum absolute atomic E-state index is 12.9. The predicted molar refractivity (Wildman–Crippen MR) is 65.3 cm³/mol. The van der Waals surface area contributed by atoms with Gasteiger partial charge in [-0.3, -0.25) is 0 Å². The molecule has 2 atom stereocenters. The Hall–Kier alpha value is -1.09. The van der Waals surface area contributed by atoms with E-state index < -0.39 is 0 Å². The standard InChI is InChI=1S/C13H19FN2/c1-9-6-11(14)4-5-13(9)15-12-7-10(2)16(3)8-12/h4-6,10,12,15H,7-8H2,1-3H3. The molecule has 0 aromatic heterocycles. The van der Waals surface area contributed by atoms with Crippen molar-refractivity contribution in [2.45, 2.75) is 32.4 Å². The van der Waals surface area contributed by atoms with Gasteiger partial charge in [0, 0.05) is 24.3 Å². The summed E-state index contributed by atoms with van der Waals surface area (Å²) < 4.78 is 12.9. The van der Waals surface area contributed by atoms with Gasteiger partial charge in [0.1, 0.15) is 5.82 Å². The normalized spacial score (nSPS) is 26.0. The van der Waals surface area contributed by atoms with Gasteiger partial charge in [-0.2, -0.15) is 0 Å². The van der Waals surface area contributed by atoms with Crippen LogP contribution in [0.25, 0.3) is 0 Å². The molecular formula is C13H19FN2. The van der Waals surface area contributed by atoms with E-state index in [0.717, 1.165) is 24.2 Å². The van der Waals surface area contributed by atoms with E-state index in [2.05, 4.69) is 24.2 Å². The van der Waals surface area contributed by atoms with Crippen molar-refractivity contribution in [3.63, 3.8) is 0 Å². The molecule has 1 heterocycles. The van der Waals surface area contributed by atoms with E-state index >= 15 is 0 Å². The average Bonchev–Trinajstić information content (AvgIpc) is 2.51. The SMILES string of the molecule is Cc1cc(F)ccc1NC1CC(C)N(C)C1. The monoisotopic (exact) mass is 222 g/mol. The molecule has 0 saturated carbocycles. The molecule has 0 bridgehead atoms. The van der Waals surface area contributed by atoms with Crippen LogP contribution in [0.2, 0.25) is 0 Å². The lowest BCUT2D eigenvalue weighted by molar-refractivity contribution is 0.330. The molecule has 0 aliphatic carbocycles. The first kappa shape index (κ1) is 11.4. The van der Waals surface area contributed by atoms with Crippen LogP contribution in [-0.4, -0.2) is 30.6 Å². The molecule has 3 heteroatoms. The van der Waals surface area contributed by atoms with E-state index in [4.69, 9.17) is 0 Å². The van der Waals surface area contributed by atoms with Crippen LogP contribution in [0.5, 0.6) is 0 Å². The first-order chi connectivity index (χ1) is 7.56. The molecule has 2 unspecified atom stereocenters. The van der Waals surface area contributed by atoms with E-state index in [1.54, 1.807) is 6.07 Å². The van der Waals surface area contributed by atoms with Crippen molar-refractivity contribution in [1.29, 1.82) is 0 Å². The Bertz CT molecular complexity index is 368. The molecule has 0 radical (unpaired) electrons. The van der Waals surface area contributed by atoms with Gasteiger partial charge in [0.2, 0.25) is 0 Å². The number of rotatable bonds is 2. The molecule has 2 rings (SSSR count). The molecule has 1 N–H and O–H groups in total. The lowest BCUT2D eigenvalue weighted by atomic mass is 10.1. The molecule has 1 aliphatic heterocycles. The lowest BCUT2D eigenvalue weighted by Crippen LogP contribution is -2.25. The Balaban J connectivity index is 2.05. The van der Waals surface area contributed by atoms with E-state index in [9.17, 15) is 4.39 Å². The van der Waals surface area contributed by atoms with Crippen LogP contribution in [0, 0.1) is 12.7 Å². The summed E-state index contributed by atoms with van der Waals surface area (Å²) in [6.07, 6.45) is 1.15. The number of likely N-dealkylation sites (N-methyl/N-ethyl adjacent to an activating group) is 1. The van der Waals surface area contributed by atoms with Crippen LogP contribution in [0.3, 0.4) is 0 Å². The zero-order chi connectivity index (χ0) is 11.7. The van der Waals surface area contributed by atoms with Gasteiger partial charge >= 0.3 is 0 Å². The molecule has 88 valence electrons. The van der Waals surface area contributed by atoms with Crippen molar-refractivity contribution < 1.29 is 4.39 Å². The lowest BCUT2D eigenvalue weighted by Gasteiger charge is -2.16. The maximum atomic E-state index is 12.9. The van der Waals surface area contributed by atoms with Gasteiger partial charge in [0.25, 0.3) is 0 Å². The van der Waals surface area contributed by atoms with E-state index in [-0.39, 0.29) is 5.82 Å². The van der Waals surface area contributed by atoms with E-state index in [1.165, 1.54) is 6.07 Å². The third kappa shape index (κ3) is 2.35. The van der Waals surface area contributed by atoms with Gasteiger partial charge < -0.3 is 10.2 Å². The summed E-state index contributed by atoms with van der Waals surface area (Å²) in [4.78, 5) is 2.34. The van der Waals surface area contributed by atoms with Crippen molar-refractivity contribution in [3.05, 3.63) is 29.6 Å². The third-order valence-electron chi connectivity index (χ3n) is 3.43. The van der Waals surface area contributed by atoms with Gasteiger partial charge in [-0.05, 0) is 51.1 Å². The van der Waals surface area contributed by atoms with Crippen LogP contribution in [0.15, 0.2) is 18.2 Å². The van der Waals surface area contributed by atoms with Crippen LogP contribution in [0.1, 0.15) is 18.9 Å². The maximum Gasteiger partial charge on any atom is 0.123 e. The largest absolute Gasteiger partial charge is 0.381 e. The highest BCUT2D eigenvalue weighted by Gasteiger charge is 2.25. The number of nitrogens with one attached hydrogen (secondary N) is 1. The minimum Gasteiger partial charge on any atom is -0.381 e. The molecule has 0 amide bonds. The molecule has 1 saturated heterocycles. The predicted octanol–water partition coefficient (Wildman–Crippen LogP) is 2.64. The van der Waals surface area contributed by atoms with Crippen LogP contribution in [-0.2, 0) is 0 Å². The Kier molecular flexibility index (Phi) is 3.15. The number of hydrogen-bond acceptors (Lipinski definition) is 2. The molecule has 1 fully saturated rings. The highest BCUT2D eigenvalue weighted by Crippen LogP contribution is 2.22. The van der Waals surface area contributed by atoms with Gasteiger partial charge in [-0.15, -0.1) is 0 Å². The number of anilines is 1. The zero-order valence-electron chi connectivity index (χ0n) is 10.1. The Morgan fingerprint density at radius 1 is 1.44 bits per heavy atom. The summed E-state index contributed by atoms with van der Waals surface area (Å²) in [5, 5.41) is 3.49. The highest BCUT2D eigenvalue weighted by molar-refractivity contribution is 5.51. The smallest absolute Gasteiger partial charge is 0.123 e. The summed E-state index contributed by atoms with van der Waals surface area (Å²) in [5.74, 6) is -0.167. The van der Waals surface area contributed by atoms with Crippen LogP contribution < -0.4 is 5.32 Å². The summed E-state index contributed by atoms with van der Waals surface area (Å²) in [6.45, 7) is 5.23. The van der Waals surface area contributed by atoms with Gasteiger partial charge in [-0.1, -0.05) is 0 Å². The van der Waals surface area contributed by atoms with Crippen molar-refractivity contribution in [2.24, 2.45) is 0 Å². The Morgan fingerprint density at radius 2 is 2.19 bits per heavy atom. The van der Waals surface area contributed by atoms with Crippen molar-refractivity contribution in [3.8, 4) is 0 Å². The number of halogens is 1. The second kappa shape index (κ2) is 4.42. The fourth-order valence-corrected chi connectivity index (χ4v) is 2.31. The van der Waals surface area contributed by atoms with Crippen molar-refractivity contribution in [1.82, 2.24) is 4.90 Å². The van der Waals surface area contributed by atoms with Crippen LogP contribution >= 0.6 is 0 Å². The van der Waals surface area contributed by atoms with E-state index in [0.29, 0.717) is 12.1 Å². The van der Waals surface area contributed by atoms with Gasteiger partial charge in [0.05, 0.1) is 0 Å². The molecule has 1 aromatic rings.